The van der Waals surface area contributed by atoms with Crippen molar-refractivity contribution in [1.29, 1.82) is 0 Å². The van der Waals surface area contributed by atoms with E-state index >= 15 is 0 Å². The lowest BCUT2D eigenvalue weighted by molar-refractivity contribution is -0.115. The Morgan fingerprint density at radius 2 is 1.96 bits per heavy atom. The van der Waals surface area contributed by atoms with E-state index in [9.17, 15) is 4.79 Å². The van der Waals surface area contributed by atoms with E-state index in [1.807, 2.05) is 18.2 Å². The quantitative estimate of drug-likeness (QED) is 0.636. The van der Waals surface area contributed by atoms with Crippen LogP contribution in [-0.2, 0) is 17.6 Å². The molecule has 4 rings (SSSR count). The number of anilines is 1. The number of fused-ring (bicyclic) bond motifs is 1. The Morgan fingerprint density at radius 3 is 2.81 bits per heavy atom. The molecule has 1 heterocycles. The second-order valence-corrected chi connectivity index (χ2v) is 7.83. The molecule has 0 saturated heterocycles. The molecule has 0 spiro atoms. The SMILES string of the molecule is O=C(CCSc1nnnn1-c1ccc(Cl)cc1)Nc1ccc2c(c1)CCC2. The predicted molar refractivity (Wildman–Crippen MR) is 107 cm³/mol. The molecule has 2 aromatic carbocycles. The normalized spacial score (nSPS) is 12.8. The lowest BCUT2D eigenvalue weighted by Gasteiger charge is -2.07. The third kappa shape index (κ3) is 4.31. The van der Waals surface area contributed by atoms with Gasteiger partial charge >= 0.3 is 0 Å². The first-order valence-corrected chi connectivity index (χ1v) is 10.1. The minimum atomic E-state index is -0.00837. The fraction of sp³-hybridized carbons (Fsp3) is 0.263. The summed E-state index contributed by atoms with van der Waals surface area (Å²) in [6.45, 7) is 0. The Morgan fingerprint density at radius 1 is 1.15 bits per heavy atom. The molecule has 3 aromatic rings. The lowest BCUT2D eigenvalue weighted by Crippen LogP contribution is -2.12. The van der Waals surface area contributed by atoms with Crippen LogP contribution in [0, 0.1) is 0 Å². The number of aryl methyl sites for hydroxylation is 2. The van der Waals surface area contributed by atoms with Gasteiger partial charge in [-0.25, -0.2) is 0 Å². The van der Waals surface area contributed by atoms with Gasteiger partial charge in [-0.15, -0.1) is 5.10 Å². The molecule has 1 amide bonds. The van der Waals surface area contributed by atoms with E-state index in [0.717, 1.165) is 24.2 Å². The van der Waals surface area contributed by atoms with Crippen LogP contribution in [0.25, 0.3) is 5.69 Å². The number of hydrogen-bond acceptors (Lipinski definition) is 5. The number of carbonyl (C=O) groups excluding carboxylic acids is 1. The molecule has 0 atom stereocenters. The van der Waals surface area contributed by atoms with Gasteiger partial charge < -0.3 is 5.32 Å². The Bertz CT molecular complexity index is 957. The Kier molecular flexibility index (Phi) is 5.40. The second-order valence-electron chi connectivity index (χ2n) is 6.33. The molecule has 0 saturated carbocycles. The average Bonchev–Trinajstić information content (AvgIpc) is 3.31. The molecule has 1 N–H and O–H groups in total. The van der Waals surface area contributed by atoms with Gasteiger partial charge in [-0.3, -0.25) is 4.79 Å². The monoisotopic (exact) mass is 399 g/mol. The smallest absolute Gasteiger partial charge is 0.225 e. The number of rotatable bonds is 6. The summed E-state index contributed by atoms with van der Waals surface area (Å²) >= 11 is 7.36. The average molecular weight is 400 g/mol. The van der Waals surface area contributed by atoms with Crippen LogP contribution in [0.5, 0.6) is 0 Å². The number of carbonyl (C=O) groups is 1. The Hall–Kier alpha value is -2.38. The van der Waals surface area contributed by atoms with Crippen LogP contribution in [0.3, 0.4) is 0 Å². The zero-order valence-electron chi connectivity index (χ0n) is 14.6. The van der Waals surface area contributed by atoms with Crippen molar-refractivity contribution in [3.63, 3.8) is 0 Å². The summed E-state index contributed by atoms with van der Waals surface area (Å²) in [5, 5.41) is 16.0. The summed E-state index contributed by atoms with van der Waals surface area (Å²) < 4.78 is 1.64. The van der Waals surface area contributed by atoms with Crippen molar-refractivity contribution >= 4 is 35.0 Å². The largest absolute Gasteiger partial charge is 0.326 e. The highest BCUT2D eigenvalue weighted by Gasteiger charge is 2.13. The molecule has 0 radical (unpaired) electrons. The summed E-state index contributed by atoms with van der Waals surface area (Å²) in [6.07, 6.45) is 3.83. The summed E-state index contributed by atoms with van der Waals surface area (Å²) in [7, 11) is 0. The van der Waals surface area contributed by atoms with E-state index in [1.54, 1.807) is 16.8 Å². The summed E-state index contributed by atoms with van der Waals surface area (Å²) in [6, 6.07) is 13.5. The van der Waals surface area contributed by atoms with E-state index < -0.39 is 0 Å². The molecule has 0 fully saturated rings. The lowest BCUT2D eigenvalue weighted by atomic mass is 10.1. The summed E-state index contributed by atoms with van der Waals surface area (Å²) in [5.74, 6) is 0.580. The molecule has 0 bridgehead atoms. The first-order valence-electron chi connectivity index (χ1n) is 8.78. The molecule has 1 aliphatic carbocycles. The molecule has 138 valence electrons. The van der Waals surface area contributed by atoms with Crippen LogP contribution in [-0.4, -0.2) is 31.9 Å². The Balaban J connectivity index is 1.32. The minimum Gasteiger partial charge on any atom is -0.326 e. The molecule has 1 aromatic heterocycles. The van der Waals surface area contributed by atoms with Crippen molar-refractivity contribution in [3.05, 3.63) is 58.6 Å². The second kappa shape index (κ2) is 8.10. The maximum Gasteiger partial charge on any atom is 0.225 e. The summed E-state index contributed by atoms with van der Waals surface area (Å²) in [4.78, 5) is 12.2. The highest BCUT2D eigenvalue weighted by Crippen LogP contribution is 2.25. The first-order chi connectivity index (χ1) is 13.2. The van der Waals surface area contributed by atoms with Crippen LogP contribution >= 0.6 is 23.4 Å². The number of aromatic nitrogens is 4. The predicted octanol–water partition coefficient (Wildman–Crippen LogP) is 3.93. The van der Waals surface area contributed by atoms with Crippen molar-refractivity contribution in [3.8, 4) is 5.69 Å². The highest BCUT2D eigenvalue weighted by atomic mass is 35.5. The molecule has 27 heavy (non-hydrogen) atoms. The molecule has 8 heteroatoms. The molecule has 0 unspecified atom stereocenters. The highest BCUT2D eigenvalue weighted by molar-refractivity contribution is 7.99. The van der Waals surface area contributed by atoms with Gasteiger partial charge in [0.15, 0.2) is 0 Å². The first kappa shape index (κ1) is 18.0. The van der Waals surface area contributed by atoms with E-state index in [1.165, 1.54) is 29.3 Å². The van der Waals surface area contributed by atoms with Crippen LogP contribution in [0.15, 0.2) is 47.6 Å². The van der Waals surface area contributed by atoms with Crippen molar-refractivity contribution in [2.75, 3.05) is 11.1 Å². The van der Waals surface area contributed by atoms with E-state index in [2.05, 4.69) is 33.0 Å². The van der Waals surface area contributed by atoms with Crippen molar-refractivity contribution < 1.29 is 4.79 Å². The third-order valence-electron chi connectivity index (χ3n) is 4.45. The van der Waals surface area contributed by atoms with Crippen LogP contribution in [0.2, 0.25) is 5.02 Å². The maximum absolute atomic E-state index is 12.2. The van der Waals surface area contributed by atoms with E-state index in [-0.39, 0.29) is 5.91 Å². The van der Waals surface area contributed by atoms with Gasteiger partial charge in [-0.1, -0.05) is 29.4 Å². The summed E-state index contributed by atoms with van der Waals surface area (Å²) in [5.41, 5.74) is 4.45. The van der Waals surface area contributed by atoms with Gasteiger partial charge in [0.2, 0.25) is 11.1 Å². The molecular formula is C19H18ClN5OS. The van der Waals surface area contributed by atoms with Gasteiger partial charge in [-0.05, 0) is 77.2 Å². The van der Waals surface area contributed by atoms with Crippen LogP contribution in [0.1, 0.15) is 24.0 Å². The van der Waals surface area contributed by atoms with Gasteiger partial charge in [0.1, 0.15) is 0 Å². The van der Waals surface area contributed by atoms with Crippen molar-refractivity contribution in [2.45, 2.75) is 30.8 Å². The van der Waals surface area contributed by atoms with Crippen molar-refractivity contribution in [1.82, 2.24) is 20.2 Å². The van der Waals surface area contributed by atoms with E-state index in [4.69, 9.17) is 11.6 Å². The number of tetrazole rings is 1. The third-order valence-corrected chi connectivity index (χ3v) is 5.63. The fourth-order valence-electron chi connectivity index (χ4n) is 3.12. The van der Waals surface area contributed by atoms with E-state index in [0.29, 0.717) is 22.4 Å². The van der Waals surface area contributed by atoms with Crippen LogP contribution < -0.4 is 5.32 Å². The number of amides is 1. The maximum atomic E-state index is 12.2. The molecule has 0 aliphatic heterocycles. The fourth-order valence-corrected chi connectivity index (χ4v) is 4.08. The van der Waals surface area contributed by atoms with Gasteiger partial charge in [-0.2, -0.15) is 4.68 Å². The number of halogens is 1. The van der Waals surface area contributed by atoms with Gasteiger partial charge in [0, 0.05) is 22.9 Å². The van der Waals surface area contributed by atoms with Gasteiger partial charge in [0.25, 0.3) is 0 Å². The van der Waals surface area contributed by atoms with Gasteiger partial charge in [0.05, 0.1) is 5.69 Å². The molecule has 1 aliphatic rings. The molecule has 6 nitrogen and oxygen atoms in total. The molecular weight excluding hydrogens is 382 g/mol. The topological polar surface area (TPSA) is 72.7 Å². The number of nitrogens with one attached hydrogen (secondary N) is 1. The zero-order valence-corrected chi connectivity index (χ0v) is 16.1. The number of nitrogens with zero attached hydrogens (tertiary/aromatic N) is 4. The number of benzene rings is 2. The number of thioether (sulfide) groups is 1. The zero-order chi connectivity index (χ0) is 18.6. The number of hydrogen-bond donors (Lipinski definition) is 1. The minimum absolute atomic E-state index is 0.00837. The standard InChI is InChI=1S/C19H18ClN5OS/c20-15-5-8-17(9-6-15)25-19(22-23-24-25)27-11-10-18(26)21-16-7-4-13-2-1-3-14(13)12-16/h4-9,12H,1-3,10-11H2,(H,21,26). The Labute approximate surface area is 166 Å². The van der Waals surface area contributed by atoms with Crippen molar-refractivity contribution in [2.24, 2.45) is 0 Å². The van der Waals surface area contributed by atoms with Crippen LogP contribution in [0.4, 0.5) is 5.69 Å².